The van der Waals surface area contributed by atoms with Gasteiger partial charge in [-0.1, -0.05) is 0 Å². The van der Waals surface area contributed by atoms with E-state index in [-0.39, 0.29) is 0 Å². The van der Waals surface area contributed by atoms with Gasteiger partial charge in [0.25, 0.3) is 0 Å². The van der Waals surface area contributed by atoms with E-state index in [1.807, 2.05) is 6.92 Å². The molecule has 1 rings (SSSR count). The summed E-state index contributed by atoms with van der Waals surface area (Å²) < 4.78 is 5.85. The highest BCUT2D eigenvalue weighted by Gasteiger charge is 2.04. The average Bonchev–Trinajstić information content (AvgIpc) is 2.37. The van der Waals surface area contributed by atoms with Gasteiger partial charge in [0.05, 0.1) is 6.61 Å². The van der Waals surface area contributed by atoms with Crippen molar-refractivity contribution in [3.8, 4) is 0 Å². The third kappa shape index (κ3) is 6.27. The van der Waals surface area contributed by atoms with Crippen LogP contribution in [0.2, 0.25) is 0 Å². The van der Waals surface area contributed by atoms with Crippen molar-refractivity contribution < 1.29 is 4.74 Å². The first kappa shape index (κ1) is 16.3. The molecule has 0 heterocycles. The van der Waals surface area contributed by atoms with Gasteiger partial charge in [-0.2, -0.15) is 0 Å². The summed E-state index contributed by atoms with van der Waals surface area (Å²) in [5.41, 5.74) is 1.22. The molecular weight excluding hydrogens is 276 g/mol. The van der Waals surface area contributed by atoms with Crippen LogP contribution in [-0.4, -0.2) is 50.1 Å². The molecule has 5 heteroatoms. The number of benzene rings is 1. The van der Waals surface area contributed by atoms with Crippen LogP contribution in [0.1, 0.15) is 6.92 Å². The molecule has 0 aliphatic carbocycles. The molecule has 1 aromatic carbocycles. The maximum Gasteiger partial charge on any atom is 0.224 e. The van der Waals surface area contributed by atoms with Crippen LogP contribution < -0.4 is 4.90 Å². The molecule has 0 aliphatic heterocycles. The van der Waals surface area contributed by atoms with E-state index in [0.717, 1.165) is 18.0 Å². The molecule has 19 heavy (non-hydrogen) atoms. The minimum Gasteiger partial charge on any atom is -0.479 e. The quantitative estimate of drug-likeness (QED) is 0.590. The number of ether oxygens (including phenoxy) is 1. The predicted octanol–water partition coefficient (Wildman–Crippen LogP) is 3.10. The van der Waals surface area contributed by atoms with Crippen LogP contribution in [0.4, 0.5) is 5.69 Å². The minimum atomic E-state index is 0.580. The normalized spacial score (nSPS) is 10.6. The first-order chi connectivity index (χ1) is 9.02. The van der Waals surface area contributed by atoms with Gasteiger partial charge in [0, 0.05) is 30.7 Å². The second-order valence-corrected chi connectivity index (χ2v) is 6.18. The number of thiocarbonyl (C=S) groups is 1. The molecule has 0 amide bonds. The van der Waals surface area contributed by atoms with Crippen molar-refractivity contribution in [1.29, 1.82) is 0 Å². The lowest BCUT2D eigenvalue weighted by Crippen LogP contribution is -2.28. The number of thioether (sulfide) groups is 1. The Morgan fingerprint density at radius 2 is 1.79 bits per heavy atom. The van der Waals surface area contributed by atoms with Gasteiger partial charge in [-0.05, 0) is 69.3 Å². The zero-order chi connectivity index (χ0) is 14.3. The maximum atomic E-state index is 5.27. The van der Waals surface area contributed by atoms with E-state index in [4.69, 9.17) is 17.0 Å². The Morgan fingerprint density at radius 1 is 1.16 bits per heavy atom. The summed E-state index contributed by atoms with van der Waals surface area (Å²) in [7, 11) is 6.28. The molecule has 0 fully saturated rings. The summed E-state index contributed by atoms with van der Waals surface area (Å²) in [6.45, 7) is 4.62. The van der Waals surface area contributed by atoms with Gasteiger partial charge in [-0.25, -0.2) is 0 Å². The van der Waals surface area contributed by atoms with E-state index < -0.39 is 0 Å². The highest BCUT2D eigenvalue weighted by Crippen LogP contribution is 2.23. The van der Waals surface area contributed by atoms with Gasteiger partial charge < -0.3 is 14.5 Å². The van der Waals surface area contributed by atoms with Gasteiger partial charge in [0.15, 0.2) is 0 Å². The molecule has 0 aliphatic rings. The summed E-state index contributed by atoms with van der Waals surface area (Å²) in [5.74, 6) is 0. The number of hydrogen-bond acceptors (Lipinski definition) is 5. The lowest BCUT2D eigenvalue weighted by molar-refractivity contribution is 0.346. The molecule has 0 spiro atoms. The van der Waals surface area contributed by atoms with Crippen LogP contribution in [0.5, 0.6) is 0 Å². The summed E-state index contributed by atoms with van der Waals surface area (Å²) in [5, 5.41) is 0. The smallest absolute Gasteiger partial charge is 0.224 e. The van der Waals surface area contributed by atoms with Gasteiger partial charge in [0.2, 0.25) is 4.38 Å². The molecule has 0 unspecified atom stereocenters. The second kappa shape index (κ2) is 8.40. The molecule has 1 aromatic rings. The molecule has 106 valence electrons. The average molecular weight is 298 g/mol. The molecule has 3 nitrogen and oxygen atoms in total. The molecule has 0 atom stereocenters. The fourth-order valence-electron chi connectivity index (χ4n) is 1.49. The van der Waals surface area contributed by atoms with Crippen molar-refractivity contribution in [2.24, 2.45) is 0 Å². The number of hydrogen-bond donors (Lipinski definition) is 0. The monoisotopic (exact) mass is 298 g/mol. The minimum absolute atomic E-state index is 0.580. The van der Waals surface area contributed by atoms with E-state index >= 15 is 0 Å². The van der Waals surface area contributed by atoms with E-state index in [0.29, 0.717) is 11.0 Å². The van der Waals surface area contributed by atoms with Crippen molar-refractivity contribution in [3.63, 3.8) is 0 Å². The maximum absolute atomic E-state index is 5.27. The number of likely N-dealkylation sites (N-methyl/N-ethyl adjacent to an activating group) is 2. The van der Waals surface area contributed by atoms with Gasteiger partial charge in [0.1, 0.15) is 0 Å². The molecule has 0 bridgehead atoms. The number of anilines is 1. The first-order valence-corrected chi connectivity index (χ1v) is 7.56. The lowest BCUT2D eigenvalue weighted by atomic mass is 10.3. The van der Waals surface area contributed by atoms with Crippen LogP contribution in [0, 0.1) is 0 Å². The topological polar surface area (TPSA) is 15.7 Å². The Bertz CT molecular complexity index is 393. The van der Waals surface area contributed by atoms with Crippen LogP contribution in [0.25, 0.3) is 0 Å². The van der Waals surface area contributed by atoms with Crippen LogP contribution in [0.3, 0.4) is 0 Å². The third-order valence-corrected chi connectivity index (χ3v) is 3.78. The predicted molar refractivity (Wildman–Crippen MR) is 88.3 cm³/mol. The Hall–Kier alpha value is -0.780. The number of nitrogens with zero attached hydrogens (tertiary/aromatic N) is 2. The highest BCUT2D eigenvalue weighted by atomic mass is 32.2. The van der Waals surface area contributed by atoms with Crippen molar-refractivity contribution >= 4 is 34.0 Å². The van der Waals surface area contributed by atoms with E-state index in [1.165, 1.54) is 17.4 Å². The zero-order valence-electron chi connectivity index (χ0n) is 12.0. The highest BCUT2D eigenvalue weighted by molar-refractivity contribution is 8.22. The van der Waals surface area contributed by atoms with E-state index in [1.54, 1.807) is 0 Å². The lowest BCUT2D eigenvalue weighted by Gasteiger charge is -2.21. The van der Waals surface area contributed by atoms with Crippen molar-refractivity contribution in [1.82, 2.24) is 4.90 Å². The van der Waals surface area contributed by atoms with Gasteiger partial charge in [-0.15, -0.1) is 0 Å². The molecular formula is C14H22N2OS2. The summed E-state index contributed by atoms with van der Waals surface area (Å²) in [6.07, 6.45) is 0. The fraction of sp³-hybridized carbons (Fsp3) is 0.500. The van der Waals surface area contributed by atoms with Gasteiger partial charge in [-0.3, -0.25) is 0 Å². The molecule has 0 saturated heterocycles. The Labute approximate surface area is 125 Å². The summed E-state index contributed by atoms with van der Waals surface area (Å²) >= 11 is 6.60. The molecule has 0 saturated carbocycles. The van der Waals surface area contributed by atoms with Gasteiger partial charge >= 0.3 is 0 Å². The largest absolute Gasteiger partial charge is 0.479 e. The molecule has 0 aromatic heterocycles. The summed E-state index contributed by atoms with van der Waals surface area (Å²) in [6, 6.07) is 8.40. The van der Waals surface area contributed by atoms with E-state index in [9.17, 15) is 0 Å². The Kier molecular flexibility index (Phi) is 7.20. The number of rotatable bonds is 6. The fourth-order valence-corrected chi connectivity index (χ4v) is 2.54. The van der Waals surface area contributed by atoms with Crippen molar-refractivity contribution in [2.45, 2.75) is 11.8 Å². The van der Waals surface area contributed by atoms with Crippen molar-refractivity contribution in [2.75, 3.05) is 45.7 Å². The molecule has 0 N–H and O–H groups in total. The molecule has 0 radical (unpaired) electrons. The zero-order valence-corrected chi connectivity index (χ0v) is 13.7. The standard InChI is InChI=1S/C14H22N2OS2/c1-5-17-14(18)19-13-8-6-12(7-9-13)16(4)11-10-15(2)3/h6-9H,5,10-11H2,1-4H3. The summed E-state index contributed by atoms with van der Waals surface area (Å²) in [4.78, 5) is 5.54. The Balaban J connectivity index is 2.53. The SMILES string of the molecule is CCOC(=S)Sc1ccc(N(C)CCN(C)C)cc1. The van der Waals surface area contributed by atoms with Crippen LogP contribution >= 0.6 is 24.0 Å². The third-order valence-electron chi connectivity index (χ3n) is 2.62. The Morgan fingerprint density at radius 3 is 2.32 bits per heavy atom. The van der Waals surface area contributed by atoms with Crippen LogP contribution in [0.15, 0.2) is 29.2 Å². The second-order valence-electron chi connectivity index (χ2n) is 4.50. The van der Waals surface area contributed by atoms with Crippen LogP contribution in [-0.2, 0) is 4.74 Å². The first-order valence-electron chi connectivity index (χ1n) is 6.33. The van der Waals surface area contributed by atoms with Crippen molar-refractivity contribution in [3.05, 3.63) is 24.3 Å². The van der Waals surface area contributed by atoms with E-state index in [2.05, 4.69) is 55.2 Å².